The van der Waals surface area contributed by atoms with E-state index in [2.05, 4.69) is 4.72 Å². The molecule has 0 heterocycles. The van der Waals surface area contributed by atoms with Crippen molar-refractivity contribution in [2.75, 3.05) is 26.4 Å². The van der Waals surface area contributed by atoms with E-state index in [-0.39, 0.29) is 31.3 Å². The summed E-state index contributed by atoms with van der Waals surface area (Å²) in [7, 11) is -3.99. The second-order valence-electron chi connectivity index (χ2n) is 3.91. The fourth-order valence-corrected chi connectivity index (χ4v) is 3.02. The number of hydrogen-bond donors (Lipinski definition) is 2. The number of nitro groups is 1. The summed E-state index contributed by atoms with van der Waals surface area (Å²) in [6, 6.07) is 4.06. The molecule has 0 saturated heterocycles. The Morgan fingerprint density at radius 1 is 1.40 bits per heavy atom. The van der Waals surface area contributed by atoms with Crippen molar-refractivity contribution in [2.24, 2.45) is 0 Å². The summed E-state index contributed by atoms with van der Waals surface area (Å²) in [5, 5.41) is 19.4. The van der Waals surface area contributed by atoms with E-state index in [1.165, 1.54) is 19.1 Å². The highest BCUT2D eigenvalue weighted by atomic mass is 32.2. The number of rotatable bonds is 8. The summed E-state index contributed by atoms with van der Waals surface area (Å²) in [5.74, 6) is 0. The number of aliphatic hydroxyl groups is 1. The summed E-state index contributed by atoms with van der Waals surface area (Å²) in [6.07, 6.45) is 0. The largest absolute Gasteiger partial charge is 0.394 e. The maximum Gasteiger partial charge on any atom is 0.289 e. The Kier molecular flexibility index (Phi) is 6.02. The van der Waals surface area contributed by atoms with E-state index in [1.54, 1.807) is 0 Å². The van der Waals surface area contributed by atoms with Crippen LogP contribution in [-0.2, 0) is 14.8 Å². The van der Waals surface area contributed by atoms with Crippen LogP contribution in [0.3, 0.4) is 0 Å². The van der Waals surface area contributed by atoms with E-state index in [1.807, 2.05) is 0 Å². The molecule has 1 aromatic rings. The van der Waals surface area contributed by atoms with Gasteiger partial charge in [-0.3, -0.25) is 10.1 Å². The van der Waals surface area contributed by atoms with Crippen molar-refractivity contribution >= 4 is 15.7 Å². The lowest BCUT2D eigenvalue weighted by Crippen LogP contribution is -2.29. The van der Waals surface area contributed by atoms with Crippen LogP contribution in [0.15, 0.2) is 23.1 Å². The summed E-state index contributed by atoms with van der Waals surface area (Å²) in [4.78, 5) is 9.82. The van der Waals surface area contributed by atoms with Crippen LogP contribution in [0.25, 0.3) is 0 Å². The Labute approximate surface area is 116 Å². The fourth-order valence-electron chi connectivity index (χ4n) is 1.62. The van der Waals surface area contributed by atoms with Crippen LogP contribution < -0.4 is 4.72 Å². The smallest absolute Gasteiger partial charge is 0.289 e. The van der Waals surface area contributed by atoms with Gasteiger partial charge < -0.3 is 9.84 Å². The Bertz CT molecular complexity index is 572. The first-order valence-corrected chi connectivity index (χ1v) is 7.30. The van der Waals surface area contributed by atoms with Crippen molar-refractivity contribution in [1.29, 1.82) is 0 Å². The third kappa shape index (κ3) is 4.23. The number of sulfonamides is 1. The van der Waals surface area contributed by atoms with Crippen molar-refractivity contribution in [1.82, 2.24) is 4.72 Å². The molecule has 2 N–H and O–H groups in total. The minimum Gasteiger partial charge on any atom is -0.394 e. The van der Waals surface area contributed by atoms with Crippen LogP contribution >= 0.6 is 0 Å². The van der Waals surface area contributed by atoms with Gasteiger partial charge in [-0.15, -0.1) is 0 Å². The zero-order valence-corrected chi connectivity index (χ0v) is 11.7. The van der Waals surface area contributed by atoms with Crippen LogP contribution in [0.2, 0.25) is 0 Å². The average Bonchev–Trinajstić information content (AvgIpc) is 2.37. The molecular formula is C11H16N2O6S. The second kappa shape index (κ2) is 7.29. The predicted octanol–water partition coefficient (Wildman–Crippen LogP) is 0.190. The number of aryl methyl sites for hydroxylation is 1. The van der Waals surface area contributed by atoms with Gasteiger partial charge in [0.25, 0.3) is 5.69 Å². The van der Waals surface area contributed by atoms with Crippen molar-refractivity contribution in [2.45, 2.75) is 11.8 Å². The molecular weight excluding hydrogens is 288 g/mol. The molecule has 0 spiro atoms. The highest BCUT2D eigenvalue weighted by Crippen LogP contribution is 2.26. The molecule has 9 heteroatoms. The zero-order valence-electron chi connectivity index (χ0n) is 10.9. The molecule has 0 radical (unpaired) electrons. The summed E-state index contributed by atoms with van der Waals surface area (Å²) in [5.41, 5.74) is -0.170. The molecule has 0 fully saturated rings. The van der Waals surface area contributed by atoms with E-state index in [0.29, 0.717) is 5.56 Å². The van der Waals surface area contributed by atoms with Gasteiger partial charge in [0.1, 0.15) is 0 Å². The molecule has 1 aromatic carbocycles. The van der Waals surface area contributed by atoms with E-state index in [9.17, 15) is 18.5 Å². The van der Waals surface area contributed by atoms with Gasteiger partial charge in [-0.05, 0) is 12.5 Å². The quantitative estimate of drug-likeness (QED) is 0.402. The van der Waals surface area contributed by atoms with Crippen molar-refractivity contribution in [3.63, 3.8) is 0 Å². The minimum atomic E-state index is -3.99. The van der Waals surface area contributed by atoms with Crippen LogP contribution in [0.4, 0.5) is 5.69 Å². The van der Waals surface area contributed by atoms with Gasteiger partial charge in [0.15, 0.2) is 4.90 Å². The second-order valence-corrected chi connectivity index (χ2v) is 5.62. The summed E-state index contributed by atoms with van der Waals surface area (Å²) in [6.45, 7) is 1.47. The third-order valence-corrected chi connectivity index (χ3v) is 4.08. The SMILES string of the molecule is Cc1cccc([N+](=O)[O-])c1S(=O)(=O)NCCOCCO. The molecule has 0 saturated carbocycles. The van der Waals surface area contributed by atoms with Gasteiger partial charge in [-0.1, -0.05) is 12.1 Å². The maximum absolute atomic E-state index is 12.1. The first-order chi connectivity index (χ1) is 9.40. The van der Waals surface area contributed by atoms with E-state index < -0.39 is 20.6 Å². The molecule has 20 heavy (non-hydrogen) atoms. The topological polar surface area (TPSA) is 119 Å². The Morgan fingerprint density at radius 3 is 2.70 bits per heavy atom. The molecule has 0 amide bonds. The predicted molar refractivity (Wildman–Crippen MR) is 70.9 cm³/mol. The molecule has 1 rings (SSSR count). The molecule has 0 aromatic heterocycles. The molecule has 0 atom stereocenters. The van der Waals surface area contributed by atoms with Gasteiger partial charge >= 0.3 is 0 Å². The molecule has 8 nitrogen and oxygen atoms in total. The Balaban J connectivity index is 2.90. The number of ether oxygens (including phenoxy) is 1. The van der Waals surface area contributed by atoms with Crippen LogP contribution in [0, 0.1) is 17.0 Å². The highest BCUT2D eigenvalue weighted by molar-refractivity contribution is 7.89. The van der Waals surface area contributed by atoms with E-state index in [4.69, 9.17) is 9.84 Å². The lowest BCUT2D eigenvalue weighted by molar-refractivity contribution is -0.387. The number of nitrogens with one attached hydrogen (secondary N) is 1. The highest BCUT2D eigenvalue weighted by Gasteiger charge is 2.27. The molecule has 0 aliphatic heterocycles. The fraction of sp³-hybridized carbons (Fsp3) is 0.455. The normalized spacial score (nSPS) is 11.5. The molecule has 0 aliphatic rings. The lowest BCUT2D eigenvalue weighted by atomic mass is 10.2. The Hall–Kier alpha value is -1.55. The van der Waals surface area contributed by atoms with Gasteiger partial charge in [0.2, 0.25) is 10.0 Å². The van der Waals surface area contributed by atoms with Gasteiger partial charge in [-0.25, -0.2) is 13.1 Å². The summed E-state index contributed by atoms with van der Waals surface area (Å²) >= 11 is 0. The monoisotopic (exact) mass is 304 g/mol. The summed E-state index contributed by atoms with van der Waals surface area (Å²) < 4.78 is 31.3. The molecule has 112 valence electrons. The number of nitro benzene ring substituents is 1. The zero-order chi connectivity index (χ0) is 15.2. The number of nitrogens with zero attached hydrogens (tertiary/aromatic N) is 1. The third-order valence-electron chi connectivity index (χ3n) is 2.43. The lowest BCUT2D eigenvalue weighted by Gasteiger charge is -2.09. The Morgan fingerprint density at radius 2 is 2.10 bits per heavy atom. The van der Waals surface area contributed by atoms with Crippen LogP contribution in [0.5, 0.6) is 0 Å². The van der Waals surface area contributed by atoms with Gasteiger partial charge in [0.05, 0.1) is 24.7 Å². The standard InChI is InChI=1S/C11H16N2O6S/c1-9-3-2-4-10(13(15)16)11(9)20(17,18)12-5-7-19-8-6-14/h2-4,12,14H,5-8H2,1H3. The van der Waals surface area contributed by atoms with Crippen molar-refractivity contribution < 1.29 is 23.2 Å². The number of benzene rings is 1. The molecule has 0 bridgehead atoms. The minimum absolute atomic E-state index is 0.0339. The number of hydrogen-bond acceptors (Lipinski definition) is 6. The first-order valence-electron chi connectivity index (χ1n) is 5.82. The van der Waals surface area contributed by atoms with Crippen LogP contribution in [-0.4, -0.2) is 44.8 Å². The van der Waals surface area contributed by atoms with E-state index >= 15 is 0 Å². The molecule has 0 aliphatic carbocycles. The number of aliphatic hydroxyl groups excluding tert-OH is 1. The van der Waals surface area contributed by atoms with Gasteiger partial charge in [-0.2, -0.15) is 0 Å². The molecule has 0 unspecified atom stereocenters. The van der Waals surface area contributed by atoms with Crippen molar-refractivity contribution in [3.8, 4) is 0 Å². The van der Waals surface area contributed by atoms with Crippen LogP contribution in [0.1, 0.15) is 5.56 Å². The van der Waals surface area contributed by atoms with Crippen molar-refractivity contribution in [3.05, 3.63) is 33.9 Å². The average molecular weight is 304 g/mol. The first kappa shape index (κ1) is 16.5. The maximum atomic E-state index is 12.1. The van der Waals surface area contributed by atoms with Gasteiger partial charge in [0, 0.05) is 12.6 Å². The van der Waals surface area contributed by atoms with E-state index in [0.717, 1.165) is 6.07 Å².